The standard InChI is InChI=1S/C18H18O2S2/c1-20-16-9-7-15(8-10-16)18(21-11-12-22-18)13-17(19)14-5-3-2-4-6-14/h2-10H,11-13H2,1H3. The Kier molecular flexibility index (Phi) is 4.79. The van der Waals surface area contributed by atoms with Gasteiger partial charge in [-0.3, -0.25) is 4.79 Å². The van der Waals surface area contributed by atoms with Crippen LogP contribution < -0.4 is 4.74 Å². The maximum Gasteiger partial charge on any atom is 0.165 e. The van der Waals surface area contributed by atoms with Crippen molar-refractivity contribution in [3.05, 3.63) is 65.7 Å². The summed E-state index contributed by atoms with van der Waals surface area (Å²) in [5.41, 5.74) is 1.99. The highest BCUT2D eigenvalue weighted by Gasteiger charge is 2.39. The molecule has 0 spiro atoms. The topological polar surface area (TPSA) is 26.3 Å². The highest BCUT2D eigenvalue weighted by molar-refractivity contribution is 8.20. The molecule has 0 aliphatic carbocycles. The van der Waals surface area contributed by atoms with Crippen molar-refractivity contribution in [3.8, 4) is 5.75 Å². The Morgan fingerprint density at radius 2 is 1.68 bits per heavy atom. The van der Waals surface area contributed by atoms with Crippen molar-refractivity contribution in [1.29, 1.82) is 0 Å². The molecule has 2 nitrogen and oxygen atoms in total. The van der Waals surface area contributed by atoms with Crippen molar-refractivity contribution in [2.45, 2.75) is 10.5 Å². The maximum atomic E-state index is 12.7. The van der Waals surface area contributed by atoms with Crippen molar-refractivity contribution in [3.63, 3.8) is 0 Å². The molecule has 4 heteroatoms. The molecule has 0 N–H and O–H groups in total. The minimum absolute atomic E-state index is 0.167. The lowest BCUT2D eigenvalue weighted by atomic mass is 10.0. The van der Waals surface area contributed by atoms with Gasteiger partial charge < -0.3 is 4.74 Å². The molecule has 0 atom stereocenters. The number of Topliss-reactive ketones (excluding diaryl/α,β-unsaturated/α-hetero) is 1. The molecule has 22 heavy (non-hydrogen) atoms. The van der Waals surface area contributed by atoms with E-state index in [9.17, 15) is 4.79 Å². The van der Waals surface area contributed by atoms with Gasteiger partial charge in [0.15, 0.2) is 5.78 Å². The molecule has 0 bridgehead atoms. The Balaban J connectivity index is 1.86. The first-order valence-corrected chi connectivity index (χ1v) is 9.21. The van der Waals surface area contributed by atoms with Crippen molar-refractivity contribution < 1.29 is 9.53 Å². The van der Waals surface area contributed by atoms with Crippen LogP contribution in [-0.4, -0.2) is 24.4 Å². The second-order valence-corrected chi connectivity index (χ2v) is 8.19. The number of ether oxygens (including phenoxy) is 1. The normalized spacial score (nSPS) is 16.4. The Labute approximate surface area is 139 Å². The lowest BCUT2D eigenvalue weighted by molar-refractivity contribution is 0.0979. The van der Waals surface area contributed by atoms with Gasteiger partial charge >= 0.3 is 0 Å². The molecule has 1 aliphatic heterocycles. The second kappa shape index (κ2) is 6.80. The Hall–Kier alpha value is -1.39. The van der Waals surface area contributed by atoms with Gasteiger partial charge in [0, 0.05) is 23.5 Å². The summed E-state index contributed by atoms with van der Waals surface area (Å²) in [6.45, 7) is 0. The van der Waals surface area contributed by atoms with E-state index in [2.05, 4.69) is 12.1 Å². The van der Waals surface area contributed by atoms with E-state index in [1.54, 1.807) is 7.11 Å². The van der Waals surface area contributed by atoms with Crippen LogP contribution in [0.15, 0.2) is 54.6 Å². The molecule has 1 fully saturated rings. The van der Waals surface area contributed by atoms with Crippen LogP contribution in [0.3, 0.4) is 0 Å². The highest BCUT2D eigenvalue weighted by atomic mass is 32.2. The zero-order valence-electron chi connectivity index (χ0n) is 12.5. The summed E-state index contributed by atoms with van der Waals surface area (Å²) in [5, 5.41) is 0. The van der Waals surface area contributed by atoms with Crippen molar-refractivity contribution in [1.82, 2.24) is 0 Å². The zero-order valence-corrected chi connectivity index (χ0v) is 14.1. The SMILES string of the molecule is COc1ccc(C2(CC(=O)c3ccccc3)SCCS2)cc1. The van der Waals surface area contributed by atoms with Gasteiger partial charge in [-0.05, 0) is 17.7 Å². The van der Waals surface area contributed by atoms with Crippen LogP contribution in [-0.2, 0) is 4.08 Å². The third-order valence-corrected chi connectivity index (χ3v) is 7.25. The number of ketones is 1. The summed E-state index contributed by atoms with van der Waals surface area (Å²) in [5.74, 6) is 3.22. The number of thioether (sulfide) groups is 2. The predicted molar refractivity (Wildman–Crippen MR) is 95.0 cm³/mol. The van der Waals surface area contributed by atoms with Crippen LogP contribution in [0.25, 0.3) is 0 Å². The molecule has 1 heterocycles. The molecule has 0 amide bonds. The molecule has 0 aromatic heterocycles. The minimum atomic E-state index is -0.167. The number of carbonyl (C=O) groups is 1. The molecule has 0 saturated carbocycles. The molecule has 3 rings (SSSR count). The Morgan fingerprint density at radius 3 is 2.27 bits per heavy atom. The van der Waals surface area contributed by atoms with Gasteiger partial charge in [-0.25, -0.2) is 0 Å². The molecular formula is C18H18O2S2. The summed E-state index contributed by atoms with van der Waals surface area (Å²) in [6, 6.07) is 17.7. The van der Waals surface area contributed by atoms with Crippen LogP contribution in [0.2, 0.25) is 0 Å². The molecule has 0 radical (unpaired) electrons. The van der Waals surface area contributed by atoms with Gasteiger partial charge in [-0.1, -0.05) is 42.5 Å². The molecule has 2 aromatic carbocycles. The van der Waals surface area contributed by atoms with E-state index in [4.69, 9.17) is 4.74 Å². The van der Waals surface area contributed by atoms with E-state index >= 15 is 0 Å². The summed E-state index contributed by atoms with van der Waals surface area (Å²) < 4.78 is 5.07. The van der Waals surface area contributed by atoms with E-state index in [-0.39, 0.29) is 9.86 Å². The summed E-state index contributed by atoms with van der Waals surface area (Å²) >= 11 is 3.76. The lowest BCUT2D eigenvalue weighted by Crippen LogP contribution is -2.20. The molecule has 0 unspecified atom stereocenters. The van der Waals surface area contributed by atoms with E-state index < -0.39 is 0 Å². The minimum Gasteiger partial charge on any atom is -0.497 e. The van der Waals surface area contributed by atoms with E-state index in [0.717, 1.165) is 22.8 Å². The number of benzene rings is 2. The third kappa shape index (κ3) is 3.18. The van der Waals surface area contributed by atoms with Crippen molar-refractivity contribution in [2.75, 3.05) is 18.6 Å². The first-order chi connectivity index (χ1) is 10.7. The van der Waals surface area contributed by atoms with Gasteiger partial charge in [0.2, 0.25) is 0 Å². The number of rotatable bonds is 5. The molecular weight excluding hydrogens is 312 g/mol. The van der Waals surface area contributed by atoms with E-state index in [0.29, 0.717) is 6.42 Å². The van der Waals surface area contributed by atoms with Gasteiger partial charge in [0.25, 0.3) is 0 Å². The first kappa shape index (κ1) is 15.5. The van der Waals surface area contributed by atoms with E-state index in [1.165, 1.54) is 5.56 Å². The highest BCUT2D eigenvalue weighted by Crippen LogP contribution is 2.54. The first-order valence-electron chi connectivity index (χ1n) is 7.24. The van der Waals surface area contributed by atoms with Gasteiger partial charge in [-0.15, -0.1) is 23.5 Å². The van der Waals surface area contributed by atoms with E-state index in [1.807, 2.05) is 66.0 Å². The van der Waals surface area contributed by atoms with Gasteiger partial charge in [0.05, 0.1) is 11.2 Å². The summed E-state index contributed by atoms with van der Waals surface area (Å²) in [4.78, 5) is 12.7. The van der Waals surface area contributed by atoms with Crippen molar-refractivity contribution in [2.24, 2.45) is 0 Å². The predicted octanol–water partition coefficient (Wildman–Crippen LogP) is 4.60. The number of hydrogen-bond donors (Lipinski definition) is 0. The average Bonchev–Trinajstić information content (AvgIpc) is 3.05. The monoisotopic (exact) mass is 330 g/mol. The third-order valence-electron chi connectivity index (χ3n) is 3.77. The fourth-order valence-corrected chi connectivity index (χ4v) is 5.84. The second-order valence-electron chi connectivity index (χ2n) is 5.14. The van der Waals surface area contributed by atoms with Crippen molar-refractivity contribution >= 4 is 29.3 Å². The van der Waals surface area contributed by atoms with Gasteiger partial charge in [0.1, 0.15) is 5.75 Å². The van der Waals surface area contributed by atoms with Crippen LogP contribution in [0.4, 0.5) is 0 Å². The quantitative estimate of drug-likeness (QED) is 0.748. The fourth-order valence-electron chi connectivity index (χ4n) is 2.61. The largest absolute Gasteiger partial charge is 0.497 e. The lowest BCUT2D eigenvalue weighted by Gasteiger charge is -2.27. The zero-order chi connectivity index (χ0) is 15.4. The maximum absolute atomic E-state index is 12.7. The Morgan fingerprint density at radius 1 is 1.05 bits per heavy atom. The molecule has 114 valence electrons. The van der Waals surface area contributed by atoms with Crippen LogP contribution in [0.1, 0.15) is 22.3 Å². The average molecular weight is 330 g/mol. The smallest absolute Gasteiger partial charge is 0.165 e. The molecule has 1 saturated heterocycles. The number of hydrogen-bond acceptors (Lipinski definition) is 4. The number of carbonyl (C=O) groups excluding carboxylic acids is 1. The Bertz CT molecular complexity index is 632. The summed E-state index contributed by atoms with van der Waals surface area (Å²) in [7, 11) is 1.67. The summed E-state index contributed by atoms with van der Waals surface area (Å²) in [6.07, 6.45) is 0.526. The fraction of sp³-hybridized carbons (Fsp3) is 0.278. The van der Waals surface area contributed by atoms with Crippen LogP contribution >= 0.6 is 23.5 Å². The molecule has 1 aliphatic rings. The van der Waals surface area contributed by atoms with Crippen LogP contribution in [0, 0.1) is 0 Å². The molecule has 2 aromatic rings. The number of methoxy groups -OCH3 is 1. The van der Waals surface area contributed by atoms with Gasteiger partial charge in [-0.2, -0.15) is 0 Å². The van der Waals surface area contributed by atoms with Crippen LogP contribution in [0.5, 0.6) is 5.75 Å².